The molecule has 1 fully saturated rings. The lowest BCUT2D eigenvalue weighted by Crippen LogP contribution is -2.32. The summed E-state index contributed by atoms with van der Waals surface area (Å²) in [6.07, 6.45) is 2.60. The van der Waals surface area contributed by atoms with Gasteiger partial charge in [-0.1, -0.05) is 37.3 Å². The zero-order chi connectivity index (χ0) is 17.5. The number of hydrogen-bond acceptors (Lipinski definition) is 3. The van der Waals surface area contributed by atoms with Crippen LogP contribution in [0.25, 0.3) is 0 Å². The number of thioether (sulfide) groups is 1. The number of anilines is 1. The molecule has 0 aromatic heterocycles. The van der Waals surface area contributed by atoms with Gasteiger partial charge in [0.2, 0.25) is 5.91 Å². The third-order valence-corrected chi connectivity index (χ3v) is 5.65. The maximum Gasteiger partial charge on any atom is 0.234 e. The standard InChI is InChI=1S/C21H26N2OS/c1-17-11-13-23(14-12-17)15-18-7-9-19(10-8-18)22-21(24)16-25-20-5-3-2-4-6-20/h2-10,17H,11-16H2,1H3,(H,22,24). The van der Waals surface area contributed by atoms with E-state index in [9.17, 15) is 4.79 Å². The van der Waals surface area contributed by atoms with Crippen molar-refractivity contribution >= 4 is 23.4 Å². The van der Waals surface area contributed by atoms with E-state index in [1.165, 1.54) is 31.5 Å². The molecule has 0 spiro atoms. The highest BCUT2D eigenvalue weighted by Crippen LogP contribution is 2.20. The molecule has 1 N–H and O–H groups in total. The predicted octanol–water partition coefficient (Wildman–Crippen LogP) is 4.65. The lowest BCUT2D eigenvalue weighted by Gasteiger charge is -2.30. The quantitative estimate of drug-likeness (QED) is 0.767. The highest BCUT2D eigenvalue weighted by Gasteiger charge is 2.15. The highest BCUT2D eigenvalue weighted by atomic mass is 32.2. The highest BCUT2D eigenvalue weighted by molar-refractivity contribution is 8.00. The number of hydrogen-bond donors (Lipinski definition) is 1. The van der Waals surface area contributed by atoms with Crippen LogP contribution in [-0.4, -0.2) is 29.6 Å². The summed E-state index contributed by atoms with van der Waals surface area (Å²) in [5.41, 5.74) is 2.18. The van der Waals surface area contributed by atoms with Crippen molar-refractivity contribution in [1.29, 1.82) is 0 Å². The molecule has 0 unspecified atom stereocenters. The number of nitrogens with zero attached hydrogens (tertiary/aromatic N) is 1. The monoisotopic (exact) mass is 354 g/mol. The summed E-state index contributed by atoms with van der Waals surface area (Å²) in [5.74, 6) is 1.33. The van der Waals surface area contributed by atoms with E-state index < -0.39 is 0 Å². The fourth-order valence-electron chi connectivity index (χ4n) is 3.03. The lowest BCUT2D eigenvalue weighted by atomic mass is 9.99. The average Bonchev–Trinajstić information content (AvgIpc) is 2.64. The van der Waals surface area contributed by atoms with Crippen LogP contribution in [0.4, 0.5) is 5.69 Å². The van der Waals surface area contributed by atoms with Crippen molar-refractivity contribution in [3.63, 3.8) is 0 Å². The molecule has 0 aliphatic carbocycles. The maximum absolute atomic E-state index is 12.1. The number of carbonyl (C=O) groups excluding carboxylic acids is 1. The lowest BCUT2D eigenvalue weighted by molar-refractivity contribution is -0.113. The molecular formula is C21H26N2OS. The van der Waals surface area contributed by atoms with E-state index in [1.807, 2.05) is 42.5 Å². The molecule has 3 rings (SSSR count). The molecule has 0 saturated carbocycles. The van der Waals surface area contributed by atoms with Crippen molar-refractivity contribution in [2.45, 2.75) is 31.2 Å². The molecule has 0 bridgehead atoms. The molecule has 4 heteroatoms. The van der Waals surface area contributed by atoms with Crippen molar-refractivity contribution < 1.29 is 4.79 Å². The van der Waals surface area contributed by atoms with Crippen molar-refractivity contribution in [3.05, 3.63) is 60.2 Å². The zero-order valence-electron chi connectivity index (χ0n) is 14.8. The van der Waals surface area contributed by atoms with Crippen LogP contribution >= 0.6 is 11.8 Å². The van der Waals surface area contributed by atoms with Crippen molar-refractivity contribution in [2.24, 2.45) is 5.92 Å². The molecule has 3 nitrogen and oxygen atoms in total. The number of benzene rings is 2. The van der Waals surface area contributed by atoms with Gasteiger partial charge in [0.25, 0.3) is 0 Å². The van der Waals surface area contributed by atoms with Crippen LogP contribution in [0.5, 0.6) is 0 Å². The van der Waals surface area contributed by atoms with Gasteiger partial charge in [0.05, 0.1) is 5.75 Å². The molecular weight excluding hydrogens is 328 g/mol. The minimum Gasteiger partial charge on any atom is -0.325 e. The molecule has 1 aliphatic heterocycles. The molecule has 0 radical (unpaired) electrons. The first kappa shape index (κ1) is 18.0. The van der Waals surface area contributed by atoms with Gasteiger partial charge in [-0.2, -0.15) is 0 Å². The van der Waals surface area contributed by atoms with Gasteiger partial charge in [-0.3, -0.25) is 9.69 Å². The summed E-state index contributed by atoms with van der Waals surface area (Å²) >= 11 is 1.56. The van der Waals surface area contributed by atoms with Crippen LogP contribution in [0.1, 0.15) is 25.3 Å². The minimum absolute atomic E-state index is 0.0339. The van der Waals surface area contributed by atoms with Gasteiger partial charge < -0.3 is 5.32 Å². The Labute approximate surface area is 154 Å². The first-order chi connectivity index (χ1) is 12.2. The fraction of sp³-hybridized carbons (Fsp3) is 0.381. The average molecular weight is 355 g/mol. The second kappa shape index (κ2) is 9.07. The van der Waals surface area contributed by atoms with Gasteiger partial charge >= 0.3 is 0 Å². The van der Waals surface area contributed by atoms with Crippen LogP contribution in [-0.2, 0) is 11.3 Å². The predicted molar refractivity (Wildman–Crippen MR) is 106 cm³/mol. The molecule has 2 aromatic carbocycles. The first-order valence-corrected chi connectivity index (χ1v) is 9.96. The van der Waals surface area contributed by atoms with Gasteiger partial charge in [-0.25, -0.2) is 0 Å². The SMILES string of the molecule is CC1CCN(Cc2ccc(NC(=O)CSc3ccccc3)cc2)CC1. The molecule has 2 aromatic rings. The summed E-state index contributed by atoms with van der Waals surface area (Å²) in [4.78, 5) is 15.7. The second-order valence-electron chi connectivity index (χ2n) is 6.81. The fourth-order valence-corrected chi connectivity index (χ4v) is 3.75. The molecule has 25 heavy (non-hydrogen) atoms. The Bertz CT molecular complexity index is 664. The third-order valence-electron chi connectivity index (χ3n) is 4.63. The Morgan fingerprint density at radius 3 is 2.44 bits per heavy atom. The largest absolute Gasteiger partial charge is 0.325 e. The molecule has 1 saturated heterocycles. The summed E-state index contributed by atoms with van der Waals surface area (Å²) in [6.45, 7) is 5.72. The third kappa shape index (κ3) is 5.91. The van der Waals surface area contributed by atoms with E-state index in [2.05, 4.69) is 29.3 Å². The topological polar surface area (TPSA) is 32.3 Å². The Morgan fingerprint density at radius 2 is 1.76 bits per heavy atom. The summed E-state index contributed by atoms with van der Waals surface area (Å²) in [7, 11) is 0. The van der Waals surface area contributed by atoms with Gasteiger partial charge in [0, 0.05) is 17.1 Å². The Kier molecular flexibility index (Phi) is 6.54. The van der Waals surface area contributed by atoms with E-state index in [-0.39, 0.29) is 5.91 Å². The van der Waals surface area contributed by atoms with Crippen molar-refractivity contribution in [1.82, 2.24) is 4.90 Å². The van der Waals surface area contributed by atoms with Crippen LogP contribution in [0.3, 0.4) is 0 Å². The van der Waals surface area contributed by atoms with Gasteiger partial charge in [0.1, 0.15) is 0 Å². The normalized spacial score (nSPS) is 15.9. The van der Waals surface area contributed by atoms with Crippen molar-refractivity contribution in [2.75, 3.05) is 24.2 Å². The summed E-state index contributed by atoms with van der Waals surface area (Å²) < 4.78 is 0. The van der Waals surface area contributed by atoms with E-state index in [0.717, 1.165) is 23.0 Å². The number of amides is 1. The van der Waals surface area contributed by atoms with E-state index in [0.29, 0.717) is 5.75 Å². The number of carbonyl (C=O) groups is 1. The summed E-state index contributed by atoms with van der Waals surface area (Å²) in [5, 5.41) is 2.98. The van der Waals surface area contributed by atoms with Crippen LogP contribution in [0.2, 0.25) is 0 Å². The van der Waals surface area contributed by atoms with Crippen molar-refractivity contribution in [3.8, 4) is 0 Å². The van der Waals surface area contributed by atoms with Gasteiger partial charge in [-0.05, 0) is 61.7 Å². The molecule has 1 amide bonds. The molecule has 0 atom stereocenters. The zero-order valence-corrected chi connectivity index (χ0v) is 15.6. The second-order valence-corrected chi connectivity index (χ2v) is 7.85. The number of nitrogens with one attached hydrogen (secondary N) is 1. The molecule has 132 valence electrons. The number of piperidine rings is 1. The smallest absolute Gasteiger partial charge is 0.234 e. The number of likely N-dealkylation sites (tertiary alicyclic amines) is 1. The Hall–Kier alpha value is -1.78. The van der Waals surface area contributed by atoms with E-state index in [1.54, 1.807) is 11.8 Å². The van der Waals surface area contributed by atoms with E-state index in [4.69, 9.17) is 0 Å². The minimum atomic E-state index is 0.0339. The maximum atomic E-state index is 12.1. The molecule has 1 aliphatic rings. The first-order valence-electron chi connectivity index (χ1n) is 8.98. The van der Waals surface area contributed by atoms with E-state index >= 15 is 0 Å². The summed E-state index contributed by atoms with van der Waals surface area (Å²) in [6, 6.07) is 18.3. The van der Waals surface area contributed by atoms with Gasteiger partial charge in [0.15, 0.2) is 0 Å². The molecule has 1 heterocycles. The van der Waals surface area contributed by atoms with Crippen LogP contribution in [0, 0.1) is 5.92 Å². The van der Waals surface area contributed by atoms with Crippen LogP contribution < -0.4 is 5.32 Å². The number of rotatable bonds is 6. The Morgan fingerprint density at radius 1 is 1.08 bits per heavy atom. The Balaban J connectivity index is 1.44. The van der Waals surface area contributed by atoms with Gasteiger partial charge in [-0.15, -0.1) is 11.8 Å². The van der Waals surface area contributed by atoms with Crippen LogP contribution in [0.15, 0.2) is 59.5 Å².